The summed E-state index contributed by atoms with van der Waals surface area (Å²) in [6.07, 6.45) is 3.76. The first-order valence-corrected chi connectivity index (χ1v) is 11.5. The molecule has 0 atom stereocenters. The molecule has 5 rings (SSSR count). The number of halogens is 1. The van der Waals surface area contributed by atoms with Gasteiger partial charge in [0.25, 0.3) is 11.8 Å². The number of benzene rings is 3. The van der Waals surface area contributed by atoms with Crippen LogP contribution in [0.2, 0.25) is 5.02 Å². The van der Waals surface area contributed by atoms with E-state index in [1.807, 2.05) is 54.6 Å². The van der Waals surface area contributed by atoms with Gasteiger partial charge in [0.15, 0.2) is 0 Å². The second kappa shape index (κ2) is 9.53. The molecule has 2 amide bonds. The van der Waals surface area contributed by atoms with E-state index in [0.29, 0.717) is 34.1 Å². The Morgan fingerprint density at radius 2 is 1.71 bits per heavy atom. The Kier molecular flexibility index (Phi) is 6.14. The normalized spacial score (nSPS) is 12.9. The van der Waals surface area contributed by atoms with Gasteiger partial charge in [-0.3, -0.25) is 14.3 Å². The third kappa shape index (κ3) is 5.02. The highest BCUT2D eigenvalue weighted by atomic mass is 35.5. The van der Waals surface area contributed by atoms with Gasteiger partial charge < -0.3 is 10.6 Å². The Morgan fingerprint density at radius 3 is 2.47 bits per heavy atom. The quantitative estimate of drug-likeness (QED) is 0.380. The Morgan fingerprint density at radius 1 is 0.941 bits per heavy atom. The van der Waals surface area contributed by atoms with Crippen LogP contribution in [0.15, 0.2) is 85.1 Å². The van der Waals surface area contributed by atoms with E-state index in [9.17, 15) is 9.59 Å². The minimum atomic E-state index is -0.302. The van der Waals surface area contributed by atoms with E-state index >= 15 is 0 Å². The molecule has 1 aliphatic carbocycles. The van der Waals surface area contributed by atoms with E-state index in [2.05, 4.69) is 10.6 Å². The number of amides is 2. The van der Waals surface area contributed by atoms with Crippen molar-refractivity contribution in [3.05, 3.63) is 107 Å². The molecule has 7 heteroatoms. The van der Waals surface area contributed by atoms with Crippen LogP contribution in [0.5, 0.6) is 0 Å². The molecule has 34 heavy (non-hydrogen) atoms. The van der Waals surface area contributed by atoms with E-state index in [0.717, 1.165) is 24.0 Å². The molecule has 0 saturated heterocycles. The molecule has 6 nitrogen and oxygen atoms in total. The predicted octanol–water partition coefficient (Wildman–Crippen LogP) is 5.40. The van der Waals surface area contributed by atoms with Gasteiger partial charge in [0, 0.05) is 34.1 Å². The number of carbonyl (C=O) groups excluding carboxylic acids is 2. The van der Waals surface area contributed by atoms with Gasteiger partial charge in [-0.15, -0.1) is 0 Å². The summed E-state index contributed by atoms with van der Waals surface area (Å²) < 4.78 is 1.72. The van der Waals surface area contributed by atoms with Crippen LogP contribution in [0.25, 0.3) is 11.3 Å². The smallest absolute Gasteiger partial charge is 0.259 e. The van der Waals surface area contributed by atoms with Crippen molar-refractivity contribution in [2.75, 3.05) is 5.32 Å². The molecule has 0 radical (unpaired) electrons. The van der Waals surface area contributed by atoms with Crippen molar-refractivity contribution >= 4 is 29.1 Å². The van der Waals surface area contributed by atoms with Crippen LogP contribution in [0.1, 0.15) is 39.1 Å². The summed E-state index contributed by atoms with van der Waals surface area (Å²) in [7, 11) is 0. The predicted molar refractivity (Wildman–Crippen MR) is 133 cm³/mol. The van der Waals surface area contributed by atoms with E-state index in [1.54, 1.807) is 35.1 Å². The molecule has 0 bridgehead atoms. The molecule has 2 N–H and O–H groups in total. The van der Waals surface area contributed by atoms with Crippen molar-refractivity contribution in [2.24, 2.45) is 0 Å². The minimum Gasteiger partial charge on any atom is -0.349 e. The first kappa shape index (κ1) is 21.9. The fourth-order valence-electron chi connectivity index (χ4n) is 3.71. The van der Waals surface area contributed by atoms with Crippen molar-refractivity contribution in [1.82, 2.24) is 15.1 Å². The first-order chi connectivity index (χ1) is 16.6. The average Bonchev–Trinajstić information content (AvgIpc) is 3.57. The van der Waals surface area contributed by atoms with E-state index < -0.39 is 0 Å². The van der Waals surface area contributed by atoms with E-state index in [4.69, 9.17) is 16.7 Å². The second-order valence-corrected chi connectivity index (χ2v) is 8.74. The third-order valence-corrected chi connectivity index (χ3v) is 6.01. The lowest BCUT2D eigenvalue weighted by Crippen LogP contribution is -2.25. The summed E-state index contributed by atoms with van der Waals surface area (Å²) >= 11 is 6.33. The number of nitrogens with zero attached hydrogens (tertiary/aromatic N) is 2. The fraction of sp³-hybridized carbons (Fsp3) is 0.148. The molecule has 3 aromatic carbocycles. The zero-order valence-corrected chi connectivity index (χ0v) is 19.1. The Labute approximate surface area is 202 Å². The summed E-state index contributed by atoms with van der Waals surface area (Å²) in [4.78, 5) is 25.7. The number of hydrogen-bond acceptors (Lipinski definition) is 3. The summed E-state index contributed by atoms with van der Waals surface area (Å²) in [5, 5.41) is 11.2. The summed E-state index contributed by atoms with van der Waals surface area (Å²) in [6, 6.07) is 24.4. The van der Waals surface area contributed by atoms with Gasteiger partial charge in [-0.05, 0) is 42.7 Å². The highest BCUT2D eigenvalue weighted by molar-refractivity contribution is 6.31. The summed E-state index contributed by atoms with van der Waals surface area (Å²) in [5.41, 5.74) is 3.82. The highest BCUT2D eigenvalue weighted by Gasteiger charge is 2.24. The highest BCUT2D eigenvalue weighted by Crippen LogP contribution is 2.25. The number of aromatic nitrogens is 2. The minimum absolute atomic E-state index is 0.129. The van der Waals surface area contributed by atoms with E-state index in [-0.39, 0.29) is 17.9 Å². The van der Waals surface area contributed by atoms with Crippen molar-refractivity contribution in [3.63, 3.8) is 0 Å². The maximum absolute atomic E-state index is 13.3. The maximum atomic E-state index is 13.3. The first-order valence-electron chi connectivity index (χ1n) is 11.2. The van der Waals surface area contributed by atoms with Gasteiger partial charge in [-0.1, -0.05) is 66.2 Å². The Balaban J connectivity index is 1.42. The van der Waals surface area contributed by atoms with Crippen molar-refractivity contribution in [2.45, 2.75) is 25.4 Å². The lowest BCUT2D eigenvalue weighted by Gasteiger charge is -2.08. The van der Waals surface area contributed by atoms with Crippen molar-refractivity contribution < 1.29 is 9.59 Å². The van der Waals surface area contributed by atoms with Crippen molar-refractivity contribution in [3.8, 4) is 11.3 Å². The van der Waals surface area contributed by atoms with Crippen LogP contribution < -0.4 is 10.6 Å². The van der Waals surface area contributed by atoms with Crippen LogP contribution in [0.3, 0.4) is 0 Å². The fourth-order valence-corrected chi connectivity index (χ4v) is 3.91. The summed E-state index contributed by atoms with van der Waals surface area (Å²) in [5.74, 6) is -0.430. The van der Waals surface area contributed by atoms with Gasteiger partial charge in [0.05, 0.1) is 12.1 Å². The monoisotopic (exact) mass is 470 g/mol. The van der Waals surface area contributed by atoms with Gasteiger partial charge in [-0.2, -0.15) is 5.10 Å². The summed E-state index contributed by atoms with van der Waals surface area (Å²) in [6.45, 7) is 0.434. The van der Waals surface area contributed by atoms with Crippen LogP contribution in [-0.2, 0) is 6.54 Å². The number of nitrogens with one attached hydrogen (secondary N) is 2. The number of hydrogen-bond donors (Lipinski definition) is 2. The average molecular weight is 471 g/mol. The van der Waals surface area contributed by atoms with Crippen LogP contribution in [0, 0.1) is 0 Å². The molecule has 0 unspecified atom stereocenters. The molecule has 1 aromatic heterocycles. The molecule has 1 saturated carbocycles. The molecule has 0 spiro atoms. The standard InChI is InChI=1S/C27H23ClN4O2/c28-24-12-5-4-9-20(24)16-32-17-23(25(31-32)18-7-2-1-3-8-18)27(34)30-22-11-6-10-19(15-22)26(33)29-21-13-14-21/h1-12,15,17,21H,13-14,16H2,(H,29,33)(H,30,34). The topological polar surface area (TPSA) is 76.0 Å². The second-order valence-electron chi connectivity index (χ2n) is 8.33. The molecule has 0 aliphatic heterocycles. The lowest BCUT2D eigenvalue weighted by atomic mass is 10.1. The molecule has 1 fully saturated rings. The van der Waals surface area contributed by atoms with Crippen LogP contribution in [0.4, 0.5) is 5.69 Å². The zero-order chi connectivity index (χ0) is 23.5. The zero-order valence-electron chi connectivity index (χ0n) is 18.4. The molecule has 170 valence electrons. The van der Waals surface area contributed by atoms with Crippen molar-refractivity contribution in [1.29, 1.82) is 0 Å². The molecular formula is C27H23ClN4O2. The van der Waals surface area contributed by atoms with Crippen LogP contribution in [-0.4, -0.2) is 27.6 Å². The third-order valence-electron chi connectivity index (χ3n) is 5.64. The maximum Gasteiger partial charge on any atom is 0.259 e. The van der Waals surface area contributed by atoms with Gasteiger partial charge in [0.1, 0.15) is 5.69 Å². The largest absolute Gasteiger partial charge is 0.349 e. The molecule has 4 aromatic rings. The van der Waals surface area contributed by atoms with Gasteiger partial charge in [-0.25, -0.2) is 0 Å². The molecule has 1 heterocycles. The lowest BCUT2D eigenvalue weighted by molar-refractivity contribution is 0.0949. The Hall–Kier alpha value is -3.90. The number of carbonyl (C=O) groups is 2. The number of anilines is 1. The number of rotatable bonds is 7. The Bertz CT molecular complexity index is 1350. The van der Waals surface area contributed by atoms with Gasteiger partial charge >= 0.3 is 0 Å². The van der Waals surface area contributed by atoms with Gasteiger partial charge in [0.2, 0.25) is 0 Å². The van der Waals surface area contributed by atoms with E-state index in [1.165, 1.54) is 0 Å². The van der Waals surface area contributed by atoms with Crippen LogP contribution >= 0.6 is 11.6 Å². The molecule has 1 aliphatic rings. The SMILES string of the molecule is O=C(NC1CC1)c1cccc(NC(=O)c2cn(Cc3ccccc3Cl)nc2-c2ccccc2)c1. The molecular weight excluding hydrogens is 448 g/mol.